The van der Waals surface area contributed by atoms with Crippen LogP contribution in [-0.4, -0.2) is 30.3 Å². The molecule has 2 atom stereocenters. The van der Waals surface area contributed by atoms with Crippen LogP contribution in [0.1, 0.15) is 28.2 Å². The van der Waals surface area contributed by atoms with Crippen LogP contribution in [0.3, 0.4) is 0 Å². The Balaban J connectivity index is 1.46. The van der Waals surface area contributed by atoms with Gasteiger partial charge in [0.2, 0.25) is 0 Å². The van der Waals surface area contributed by atoms with Gasteiger partial charge in [0.05, 0.1) is 6.10 Å². The van der Waals surface area contributed by atoms with Crippen LogP contribution in [0.2, 0.25) is 0 Å². The van der Waals surface area contributed by atoms with Crippen molar-refractivity contribution in [2.24, 2.45) is 0 Å². The van der Waals surface area contributed by atoms with Gasteiger partial charge in [-0.05, 0) is 28.7 Å². The number of benzene rings is 4. The van der Waals surface area contributed by atoms with E-state index in [1.807, 2.05) is 24.3 Å². The average Bonchev–Trinajstić information content (AvgIpc) is 2.90. The Morgan fingerprint density at radius 1 is 0.559 bits per heavy atom. The van der Waals surface area contributed by atoms with Gasteiger partial charge in [-0.15, -0.1) is 0 Å². The highest BCUT2D eigenvalue weighted by molar-refractivity contribution is 5.33. The molecule has 0 unspecified atom stereocenters. The molecule has 0 heterocycles. The minimum absolute atomic E-state index is 0.0689. The average molecular weight is 451 g/mol. The lowest BCUT2D eigenvalue weighted by molar-refractivity contribution is 0.124. The molecular formula is C31H34N2O. The van der Waals surface area contributed by atoms with Crippen molar-refractivity contribution in [3.8, 4) is 0 Å². The highest BCUT2D eigenvalue weighted by Gasteiger charge is 2.22. The van der Waals surface area contributed by atoms with Crippen molar-refractivity contribution in [2.75, 3.05) is 13.1 Å². The summed E-state index contributed by atoms with van der Waals surface area (Å²) in [6.45, 7) is 2.02. The monoisotopic (exact) mass is 450 g/mol. The smallest absolute Gasteiger partial charge is 0.0820 e. The van der Waals surface area contributed by atoms with Crippen molar-refractivity contribution in [2.45, 2.75) is 31.0 Å². The Bertz CT molecular complexity index is 1030. The van der Waals surface area contributed by atoms with Gasteiger partial charge in [-0.3, -0.25) is 0 Å². The predicted molar refractivity (Wildman–Crippen MR) is 141 cm³/mol. The molecule has 0 aromatic heterocycles. The Kier molecular flexibility index (Phi) is 9.04. The molecule has 0 spiro atoms. The lowest BCUT2D eigenvalue weighted by Gasteiger charge is -2.28. The lowest BCUT2D eigenvalue weighted by atomic mass is 9.90. The summed E-state index contributed by atoms with van der Waals surface area (Å²) in [6.07, 6.45) is 0.252. The van der Waals surface area contributed by atoms with E-state index in [-0.39, 0.29) is 12.0 Å². The van der Waals surface area contributed by atoms with E-state index < -0.39 is 6.10 Å². The van der Waals surface area contributed by atoms with Gasteiger partial charge < -0.3 is 15.7 Å². The standard InChI is InChI=1S/C31H34N2O/c34-31(24-32-22-26-15-7-2-8-16-26)30(21-25-13-5-1-6-14-25)33-23-29(27-17-9-3-10-18-27)28-19-11-4-12-20-28/h1-20,29-34H,21-24H2/t30-,31+/m0/s1. The first-order valence-corrected chi connectivity index (χ1v) is 12.1. The topological polar surface area (TPSA) is 44.3 Å². The molecule has 4 rings (SSSR count). The summed E-state index contributed by atoms with van der Waals surface area (Å²) in [4.78, 5) is 0. The Morgan fingerprint density at radius 2 is 1.03 bits per heavy atom. The number of aliphatic hydroxyl groups is 1. The van der Waals surface area contributed by atoms with Crippen LogP contribution < -0.4 is 10.6 Å². The molecule has 0 radical (unpaired) electrons. The first-order chi connectivity index (χ1) is 16.8. The molecule has 0 aliphatic rings. The van der Waals surface area contributed by atoms with Gasteiger partial charge in [0.15, 0.2) is 0 Å². The van der Waals surface area contributed by atoms with Crippen LogP contribution in [0.5, 0.6) is 0 Å². The molecular weight excluding hydrogens is 416 g/mol. The summed E-state index contributed by atoms with van der Waals surface area (Å²) < 4.78 is 0. The third-order valence-electron chi connectivity index (χ3n) is 6.28. The molecule has 0 fully saturated rings. The van der Waals surface area contributed by atoms with Gasteiger partial charge in [-0.2, -0.15) is 0 Å². The Morgan fingerprint density at radius 3 is 1.56 bits per heavy atom. The second-order valence-corrected chi connectivity index (χ2v) is 8.76. The van der Waals surface area contributed by atoms with E-state index in [1.165, 1.54) is 22.3 Å². The molecule has 3 heteroatoms. The van der Waals surface area contributed by atoms with Gasteiger partial charge in [0.25, 0.3) is 0 Å². The van der Waals surface area contributed by atoms with Gasteiger partial charge in [0, 0.05) is 31.6 Å². The van der Waals surface area contributed by atoms with E-state index in [4.69, 9.17) is 0 Å². The highest BCUT2D eigenvalue weighted by atomic mass is 16.3. The maximum atomic E-state index is 11.2. The number of nitrogens with one attached hydrogen (secondary N) is 2. The first kappa shape index (κ1) is 23.9. The summed E-state index contributed by atoms with van der Waals surface area (Å²) in [6, 6.07) is 41.9. The largest absolute Gasteiger partial charge is 0.390 e. The molecule has 0 bridgehead atoms. The molecule has 34 heavy (non-hydrogen) atoms. The van der Waals surface area contributed by atoms with Crippen molar-refractivity contribution >= 4 is 0 Å². The van der Waals surface area contributed by atoms with Gasteiger partial charge in [0.1, 0.15) is 0 Å². The first-order valence-electron chi connectivity index (χ1n) is 12.1. The molecule has 0 aliphatic carbocycles. The number of hydrogen-bond donors (Lipinski definition) is 3. The Hall–Kier alpha value is -3.24. The fraction of sp³-hybridized carbons (Fsp3) is 0.226. The molecule has 0 amide bonds. The number of hydrogen-bond acceptors (Lipinski definition) is 3. The van der Waals surface area contributed by atoms with E-state index in [0.29, 0.717) is 6.54 Å². The zero-order valence-corrected chi connectivity index (χ0v) is 19.6. The lowest BCUT2D eigenvalue weighted by Crippen LogP contribution is -2.47. The van der Waals surface area contributed by atoms with Crippen LogP contribution in [0.4, 0.5) is 0 Å². The summed E-state index contributed by atoms with van der Waals surface area (Å²) in [5.41, 5.74) is 4.99. The van der Waals surface area contributed by atoms with E-state index >= 15 is 0 Å². The van der Waals surface area contributed by atoms with Crippen LogP contribution in [0.25, 0.3) is 0 Å². The quantitative estimate of drug-likeness (QED) is 0.279. The van der Waals surface area contributed by atoms with Gasteiger partial charge >= 0.3 is 0 Å². The minimum Gasteiger partial charge on any atom is -0.390 e. The molecule has 3 N–H and O–H groups in total. The number of aliphatic hydroxyl groups excluding tert-OH is 1. The second-order valence-electron chi connectivity index (χ2n) is 8.76. The van der Waals surface area contributed by atoms with E-state index in [9.17, 15) is 5.11 Å². The normalized spacial score (nSPS) is 13.0. The molecule has 174 valence electrons. The maximum absolute atomic E-state index is 11.2. The molecule has 0 saturated heterocycles. The molecule has 3 nitrogen and oxygen atoms in total. The van der Waals surface area contributed by atoms with E-state index in [0.717, 1.165) is 19.5 Å². The highest BCUT2D eigenvalue weighted by Crippen LogP contribution is 2.24. The van der Waals surface area contributed by atoms with Gasteiger partial charge in [-0.1, -0.05) is 121 Å². The van der Waals surface area contributed by atoms with Crippen molar-refractivity contribution in [3.05, 3.63) is 144 Å². The molecule has 4 aromatic rings. The van der Waals surface area contributed by atoms with Crippen LogP contribution >= 0.6 is 0 Å². The van der Waals surface area contributed by atoms with Crippen molar-refractivity contribution in [1.82, 2.24) is 10.6 Å². The summed E-state index contributed by atoms with van der Waals surface area (Å²) in [5.74, 6) is 0.213. The summed E-state index contributed by atoms with van der Waals surface area (Å²) in [7, 11) is 0. The van der Waals surface area contributed by atoms with Crippen molar-refractivity contribution in [3.63, 3.8) is 0 Å². The molecule has 0 saturated carbocycles. The van der Waals surface area contributed by atoms with Crippen LogP contribution in [-0.2, 0) is 13.0 Å². The third-order valence-corrected chi connectivity index (χ3v) is 6.28. The zero-order valence-electron chi connectivity index (χ0n) is 19.6. The Labute approximate surface area is 203 Å². The fourth-order valence-electron chi connectivity index (χ4n) is 4.38. The summed E-state index contributed by atoms with van der Waals surface area (Å²) in [5, 5.41) is 18.3. The van der Waals surface area contributed by atoms with Crippen molar-refractivity contribution in [1.29, 1.82) is 0 Å². The number of rotatable bonds is 12. The van der Waals surface area contributed by atoms with E-state index in [1.54, 1.807) is 0 Å². The molecule has 0 aliphatic heterocycles. The van der Waals surface area contributed by atoms with Crippen LogP contribution in [0, 0.1) is 0 Å². The minimum atomic E-state index is -0.517. The van der Waals surface area contributed by atoms with Gasteiger partial charge in [-0.25, -0.2) is 0 Å². The molecule has 4 aromatic carbocycles. The van der Waals surface area contributed by atoms with Crippen molar-refractivity contribution < 1.29 is 5.11 Å². The summed E-state index contributed by atoms with van der Waals surface area (Å²) >= 11 is 0. The fourth-order valence-corrected chi connectivity index (χ4v) is 4.38. The predicted octanol–water partition coefficient (Wildman–Crippen LogP) is 5.17. The maximum Gasteiger partial charge on any atom is 0.0820 e. The zero-order chi connectivity index (χ0) is 23.4. The third kappa shape index (κ3) is 7.13. The van der Waals surface area contributed by atoms with Crippen LogP contribution in [0.15, 0.2) is 121 Å². The SMILES string of the molecule is O[C@H](CNCc1ccccc1)[C@H](Cc1ccccc1)NCC(c1ccccc1)c1ccccc1. The second kappa shape index (κ2) is 12.9. The van der Waals surface area contributed by atoms with E-state index in [2.05, 4.69) is 108 Å².